The topological polar surface area (TPSA) is 29.1 Å². The lowest BCUT2D eigenvalue weighted by Crippen LogP contribution is -2.24. The molecule has 3 fully saturated rings. The molecule has 1 amide bonds. The lowest BCUT2D eigenvalue weighted by atomic mass is 9.81. The summed E-state index contributed by atoms with van der Waals surface area (Å²) in [6.07, 6.45) is 4.06. The number of hydrogen-bond acceptors (Lipinski definition) is 1. The molecule has 1 aliphatic heterocycles. The fraction of sp³-hybridized carbons (Fsp3) is 0.889. The van der Waals surface area contributed by atoms with Crippen LogP contribution in [0, 0.1) is 23.7 Å². The zero-order valence-electron chi connectivity index (χ0n) is 6.55. The summed E-state index contributed by atoms with van der Waals surface area (Å²) in [6.45, 7) is 0.977. The molecule has 0 aromatic heterocycles. The molecule has 0 radical (unpaired) electrons. The average molecular weight is 151 g/mol. The van der Waals surface area contributed by atoms with E-state index >= 15 is 0 Å². The van der Waals surface area contributed by atoms with Crippen LogP contribution in [0.15, 0.2) is 0 Å². The van der Waals surface area contributed by atoms with Crippen LogP contribution < -0.4 is 5.32 Å². The van der Waals surface area contributed by atoms with Crippen molar-refractivity contribution in [1.29, 1.82) is 0 Å². The van der Waals surface area contributed by atoms with Crippen molar-refractivity contribution >= 4 is 5.91 Å². The fourth-order valence-corrected chi connectivity index (χ4v) is 3.45. The predicted molar refractivity (Wildman–Crippen MR) is 40.8 cm³/mol. The van der Waals surface area contributed by atoms with E-state index in [1.807, 2.05) is 0 Å². The van der Waals surface area contributed by atoms with Crippen LogP contribution in [0.2, 0.25) is 0 Å². The summed E-state index contributed by atoms with van der Waals surface area (Å²) in [5, 5.41) is 2.98. The molecule has 1 heterocycles. The van der Waals surface area contributed by atoms with E-state index < -0.39 is 0 Å². The van der Waals surface area contributed by atoms with E-state index in [-0.39, 0.29) is 0 Å². The molecule has 11 heavy (non-hydrogen) atoms. The predicted octanol–water partition coefficient (Wildman–Crippen LogP) is 0.778. The Kier molecular flexibility index (Phi) is 0.984. The van der Waals surface area contributed by atoms with Gasteiger partial charge in [0.1, 0.15) is 0 Å². The Hall–Kier alpha value is -0.530. The van der Waals surface area contributed by atoms with Gasteiger partial charge in [0.2, 0.25) is 5.91 Å². The van der Waals surface area contributed by atoms with E-state index in [9.17, 15) is 4.79 Å². The first-order valence-corrected chi connectivity index (χ1v) is 4.64. The minimum atomic E-state index is 0.349. The second-order valence-corrected chi connectivity index (χ2v) is 4.27. The standard InChI is InChI=1S/C9H13NO/c11-9-8-6-2-1-5(3-6)7(8)4-10-9/h5-8H,1-4H2,(H,10,11)/t5-,6-,7-,8-/m0/s1. The molecule has 1 saturated heterocycles. The Bertz CT molecular complexity index is 214. The van der Waals surface area contributed by atoms with Crippen molar-refractivity contribution in [3.8, 4) is 0 Å². The van der Waals surface area contributed by atoms with Crippen molar-refractivity contribution in [2.75, 3.05) is 6.54 Å². The Morgan fingerprint density at radius 2 is 2.09 bits per heavy atom. The minimum absolute atomic E-state index is 0.349. The van der Waals surface area contributed by atoms with Gasteiger partial charge < -0.3 is 5.32 Å². The molecule has 2 heteroatoms. The van der Waals surface area contributed by atoms with E-state index in [1.165, 1.54) is 19.3 Å². The summed E-state index contributed by atoms with van der Waals surface area (Å²) < 4.78 is 0. The molecule has 0 unspecified atom stereocenters. The number of rotatable bonds is 0. The maximum absolute atomic E-state index is 11.3. The van der Waals surface area contributed by atoms with Gasteiger partial charge in [-0.3, -0.25) is 4.79 Å². The molecular formula is C9H13NO. The summed E-state index contributed by atoms with van der Waals surface area (Å²) >= 11 is 0. The first-order valence-electron chi connectivity index (χ1n) is 4.64. The molecule has 3 aliphatic rings. The third-order valence-corrected chi connectivity index (χ3v) is 3.90. The van der Waals surface area contributed by atoms with Crippen LogP contribution in [0.5, 0.6) is 0 Å². The molecule has 0 aromatic rings. The highest BCUT2D eigenvalue weighted by Crippen LogP contribution is 2.53. The normalized spacial score (nSPS) is 52.9. The quantitative estimate of drug-likeness (QED) is 0.544. The van der Waals surface area contributed by atoms with Gasteiger partial charge in [-0.05, 0) is 37.0 Å². The Labute approximate surface area is 66.4 Å². The van der Waals surface area contributed by atoms with E-state index in [2.05, 4.69) is 5.32 Å². The van der Waals surface area contributed by atoms with Gasteiger partial charge in [0.05, 0.1) is 0 Å². The second kappa shape index (κ2) is 1.79. The summed E-state index contributed by atoms with van der Waals surface area (Å²) in [4.78, 5) is 11.3. The van der Waals surface area contributed by atoms with Crippen LogP contribution in [-0.4, -0.2) is 12.5 Å². The number of carbonyl (C=O) groups is 1. The van der Waals surface area contributed by atoms with E-state index in [4.69, 9.17) is 0 Å². The van der Waals surface area contributed by atoms with Gasteiger partial charge in [-0.25, -0.2) is 0 Å². The van der Waals surface area contributed by atoms with Crippen molar-refractivity contribution < 1.29 is 4.79 Å². The fourth-order valence-electron chi connectivity index (χ4n) is 3.45. The van der Waals surface area contributed by atoms with Gasteiger partial charge in [-0.15, -0.1) is 0 Å². The maximum Gasteiger partial charge on any atom is 0.223 e. The Morgan fingerprint density at radius 1 is 1.27 bits per heavy atom. The number of nitrogens with one attached hydrogen (secondary N) is 1. The summed E-state index contributed by atoms with van der Waals surface area (Å²) in [6, 6.07) is 0. The van der Waals surface area contributed by atoms with E-state index in [0.29, 0.717) is 11.8 Å². The lowest BCUT2D eigenvalue weighted by Gasteiger charge is -2.20. The zero-order chi connectivity index (χ0) is 7.42. The largest absolute Gasteiger partial charge is 0.356 e. The van der Waals surface area contributed by atoms with Gasteiger partial charge in [0, 0.05) is 12.5 Å². The van der Waals surface area contributed by atoms with Gasteiger partial charge in [0.15, 0.2) is 0 Å². The highest BCUT2D eigenvalue weighted by molar-refractivity contribution is 5.82. The van der Waals surface area contributed by atoms with Crippen molar-refractivity contribution in [3.63, 3.8) is 0 Å². The van der Waals surface area contributed by atoms with E-state index in [1.54, 1.807) is 0 Å². The molecule has 2 bridgehead atoms. The number of hydrogen-bond donors (Lipinski definition) is 1. The van der Waals surface area contributed by atoms with Crippen LogP contribution in [0.3, 0.4) is 0 Å². The molecular weight excluding hydrogens is 138 g/mol. The maximum atomic E-state index is 11.3. The minimum Gasteiger partial charge on any atom is -0.356 e. The number of amides is 1. The molecule has 1 N–H and O–H groups in total. The lowest BCUT2D eigenvalue weighted by molar-refractivity contribution is -0.124. The Morgan fingerprint density at radius 3 is 2.91 bits per heavy atom. The highest BCUT2D eigenvalue weighted by atomic mass is 16.2. The molecule has 2 aliphatic carbocycles. The first kappa shape index (κ1) is 6.04. The third kappa shape index (κ3) is 0.608. The van der Waals surface area contributed by atoms with Gasteiger partial charge in [0.25, 0.3) is 0 Å². The Balaban J connectivity index is 1.97. The molecule has 0 aromatic carbocycles. The summed E-state index contributed by atoms with van der Waals surface area (Å²) in [5.74, 6) is 3.15. The zero-order valence-corrected chi connectivity index (χ0v) is 6.55. The van der Waals surface area contributed by atoms with Crippen molar-refractivity contribution in [3.05, 3.63) is 0 Å². The number of carbonyl (C=O) groups excluding carboxylic acids is 1. The molecule has 60 valence electrons. The third-order valence-electron chi connectivity index (χ3n) is 3.90. The van der Waals surface area contributed by atoms with Gasteiger partial charge in [-0.1, -0.05) is 0 Å². The first-order chi connectivity index (χ1) is 5.36. The van der Waals surface area contributed by atoms with Crippen LogP contribution >= 0.6 is 0 Å². The second-order valence-electron chi connectivity index (χ2n) is 4.27. The molecule has 4 atom stereocenters. The molecule has 0 spiro atoms. The smallest absolute Gasteiger partial charge is 0.223 e. The van der Waals surface area contributed by atoms with Crippen molar-refractivity contribution in [2.45, 2.75) is 19.3 Å². The molecule has 2 nitrogen and oxygen atoms in total. The monoisotopic (exact) mass is 151 g/mol. The van der Waals surface area contributed by atoms with Crippen LogP contribution in [0.1, 0.15) is 19.3 Å². The van der Waals surface area contributed by atoms with Crippen molar-refractivity contribution in [2.24, 2.45) is 23.7 Å². The summed E-state index contributed by atoms with van der Waals surface area (Å²) in [5.41, 5.74) is 0. The SMILES string of the molecule is O=C1NC[C@H]2[C@H]3CC[C@@H](C3)[C@H]12. The van der Waals surface area contributed by atoms with E-state index in [0.717, 1.165) is 24.3 Å². The molecule has 2 saturated carbocycles. The molecule has 3 rings (SSSR count). The van der Waals surface area contributed by atoms with Crippen LogP contribution in [0.25, 0.3) is 0 Å². The van der Waals surface area contributed by atoms with Crippen LogP contribution in [-0.2, 0) is 4.79 Å². The number of fused-ring (bicyclic) bond motifs is 5. The summed E-state index contributed by atoms with van der Waals surface area (Å²) in [7, 11) is 0. The van der Waals surface area contributed by atoms with Crippen LogP contribution in [0.4, 0.5) is 0 Å². The van der Waals surface area contributed by atoms with Crippen molar-refractivity contribution in [1.82, 2.24) is 5.32 Å². The van der Waals surface area contributed by atoms with Gasteiger partial charge >= 0.3 is 0 Å². The van der Waals surface area contributed by atoms with Gasteiger partial charge in [-0.2, -0.15) is 0 Å². The average Bonchev–Trinajstić information content (AvgIpc) is 2.60. The highest BCUT2D eigenvalue weighted by Gasteiger charge is 2.53.